The summed E-state index contributed by atoms with van der Waals surface area (Å²) in [6.45, 7) is 5.27. The van der Waals surface area contributed by atoms with Crippen molar-refractivity contribution in [2.24, 2.45) is 5.41 Å². The molecule has 2 heterocycles. The maximum Gasteiger partial charge on any atom is 0.430 e. The summed E-state index contributed by atoms with van der Waals surface area (Å²) in [4.78, 5) is 2.29. The predicted molar refractivity (Wildman–Crippen MR) is 131 cm³/mol. The van der Waals surface area contributed by atoms with Crippen LogP contribution in [0.5, 0.6) is 0 Å². The average Bonchev–Trinajstić information content (AvgIpc) is 2.80. The highest BCUT2D eigenvalue weighted by atomic mass is 32.2. The first-order chi connectivity index (χ1) is 17.5. The van der Waals surface area contributed by atoms with E-state index in [0.29, 0.717) is 49.3 Å². The van der Waals surface area contributed by atoms with E-state index < -0.39 is 33.5 Å². The second-order valence-corrected chi connectivity index (χ2v) is 12.5. The molecule has 4 rings (SSSR count). The van der Waals surface area contributed by atoms with Crippen molar-refractivity contribution in [1.29, 1.82) is 0 Å². The first-order valence-corrected chi connectivity index (χ1v) is 14.1. The van der Waals surface area contributed by atoms with Gasteiger partial charge in [-0.15, -0.1) is 0 Å². The number of aryl methyl sites for hydroxylation is 1. The molecule has 12 heteroatoms. The summed E-state index contributed by atoms with van der Waals surface area (Å²) in [5.41, 5.74) is -3.26. The van der Waals surface area contributed by atoms with Crippen molar-refractivity contribution in [3.63, 3.8) is 0 Å². The number of likely N-dealkylation sites (tertiary alicyclic amines) is 1. The number of halogens is 6. The Morgan fingerprint density at radius 3 is 2.08 bits per heavy atom. The van der Waals surface area contributed by atoms with Gasteiger partial charge >= 0.3 is 12.4 Å². The molecule has 1 spiro atoms. The van der Waals surface area contributed by atoms with Gasteiger partial charge in [-0.3, -0.25) is 4.90 Å². The number of sulfonamides is 1. The Morgan fingerprint density at radius 2 is 1.55 bits per heavy atom. The number of hydrogen-bond acceptors (Lipinski definition) is 4. The van der Waals surface area contributed by atoms with Crippen molar-refractivity contribution in [3.8, 4) is 11.1 Å². The minimum absolute atomic E-state index is 0.0363. The lowest BCUT2D eigenvalue weighted by Gasteiger charge is -2.53. The Morgan fingerprint density at radius 1 is 0.947 bits per heavy atom. The number of benzene rings is 2. The van der Waals surface area contributed by atoms with E-state index in [9.17, 15) is 39.9 Å². The zero-order chi connectivity index (χ0) is 28.1. The third kappa shape index (κ3) is 5.32. The minimum atomic E-state index is -5.93. The molecule has 38 heavy (non-hydrogen) atoms. The van der Waals surface area contributed by atoms with E-state index in [-0.39, 0.29) is 5.41 Å². The van der Waals surface area contributed by atoms with Crippen LogP contribution in [0, 0.1) is 5.41 Å². The molecule has 1 N–H and O–H groups in total. The number of hydrogen-bond donors (Lipinski definition) is 1. The van der Waals surface area contributed by atoms with Gasteiger partial charge in [0.1, 0.15) is 0 Å². The van der Waals surface area contributed by atoms with Crippen LogP contribution in [-0.4, -0.2) is 67.5 Å². The summed E-state index contributed by atoms with van der Waals surface area (Å²) in [6, 6.07) is 9.31. The maximum absolute atomic E-state index is 13.2. The predicted octanol–water partition coefficient (Wildman–Crippen LogP) is 5.09. The van der Waals surface area contributed by atoms with Crippen LogP contribution in [0.4, 0.5) is 26.3 Å². The summed E-state index contributed by atoms with van der Waals surface area (Å²) in [5.74, 6) is 0. The summed E-state index contributed by atoms with van der Waals surface area (Å²) in [7, 11) is -3.19. The van der Waals surface area contributed by atoms with Crippen molar-refractivity contribution in [1.82, 2.24) is 9.21 Å². The van der Waals surface area contributed by atoms with Gasteiger partial charge in [0.25, 0.3) is 5.60 Å². The molecular formula is C26H30F6N2O3S. The molecular weight excluding hydrogens is 534 g/mol. The molecule has 210 valence electrons. The highest BCUT2D eigenvalue weighted by molar-refractivity contribution is 7.88. The van der Waals surface area contributed by atoms with Crippen LogP contribution >= 0.6 is 0 Å². The van der Waals surface area contributed by atoms with Crippen LogP contribution < -0.4 is 0 Å². The lowest BCUT2D eigenvalue weighted by Crippen LogP contribution is -2.63. The molecule has 0 unspecified atom stereocenters. The van der Waals surface area contributed by atoms with Gasteiger partial charge in [-0.1, -0.05) is 49.4 Å². The van der Waals surface area contributed by atoms with Crippen LogP contribution in [0.3, 0.4) is 0 Å². The smallest absolute Gasteiger partial charge is 0.369 e. The monoisotopic (exact) mass is 564 g/mol. The zero-order valence-corrected chi connectivity index (χ0v) is 21.8. The summed E-state index contributed by atoms with van der Waals surface area (Å²) in [5, 5.41) is 9.64. The number of aliphatic hydroxyl groups is 1. The van der Waals surface area contributed by atoms with Crippen molar-refractivity contribution < 1.29 is 39.9 Å². The molecule has 0 amide bonds. The van der Waals surface area contributed by atoms with E-state index in [2.05, 4.69) is 4.90 Å². The van der Waals surface area contributed by atoms with E-state index >= 15 is 0 Å². The Labute approximate surface area is 218 Å². The quantitative estimate of drug-likeness (QED) is 0.497. The Kier molecular flexibility index (Phi) is 7.44. The van der Waals surface area contributed by atoms with Crippen molar-refractivity contribution in [2.45, 2.75) is 50.7 Å². The van der Waals surface area contributed by atoms with Crippen molar-refractivity contribution >= 4 is 10.0 Å². The van der Waals surface area contributed by atoms with Crippen molar-refractivity contribution in [3.05, 3.63) is 59.2 Å². The van der Waals surface area contributed by atoms with Gasteiger partial charge in [-0.25, -0.2) is 12.7 Å². The molecule has 0 radical (unpaired) electrons. The normalized spacial score (nSPS) is 19.5. The van der Waals surface area contributed by atoms with Gasteiger partial charge in [-0.2, -0.15) is 26.3 Å². The highest BCUT2D eigenvalue weighted by Crippen LogP contribution is 2.50. The largest absolute Gasteiger partial charge is 0.430 e. The minimum Gasteiger partial charge on any atom is -0.369 e. The Balaban J connectivity index is 1.51. The Bertz CT molecular complexity index is 1260. The highest BCUT2D eigenvalue weighted by Gasteiger charge is 2.71. The molecule has 2 aliphatic heterocycles. The van der Waals surface area contributed by atoms with Gasteiger partial charge < -0.3 is 5.11 Å². The molecule has 2 fully saturated rings. The van der Waals surface area contributed by atoms with E-state index in [0.717, 1.165) is 49.2 Å². The molecule has 0 aliphatic carbocycles. The molecule has 5 nitrogen and oxygen atoms in total. The number of rotatable bonds is 6. The van der Waals surface area contributed by atoms with Crippen LogP contribution in [0.15, 0.2) is 42.5 Å². The Hall–Kier alpha value is -2.15. The fourth-order valence-corrected chi connectivity index (χ4v) is 6.61. The molecule has 2 saturated heterocycles. The fourth-order valence-electron chi connectivity index (χ4n) is 5.60. The van der Waals surface area contributed by atoms with Gasteiger partial charge in [0.2, 0.25) is 10.0 Å². The summed E-state index contributed by atoms with van der Waals surface area (Å²) >= 11 is 0. The fraction of sp³-hybridized carbons (Fsp3) is 0.538. The molecule has 0 atom stereocenters. The number of alkyl halides is 6. The SMILES string of the molecule is CCc1cc(CN2CCCC3(C2)CN(S(C)(=O)=O)C3)ccc1-c1ccc(C(O)(C(F)(F)F)C(F)(F)F)cc1. The molecule has 2 aliphatic rings. The molecule has 2 aromatic carbocycles. The topological polar surface area (TPSA) is 60.9 Å². The average molecular weight is 565 g/mol. The van der Waals surface area contributed by atoms with Crippen molar-refractivity contribution in [2.75, 3.05) is 32.4 Å². The summed E-state index contributed by atoms with van der Waals surface area (Å²) < 4.78 is 104. The number of piperidine rings is 1. The van der Waals surface area contributed by atoms with Crippen LogP contribution in [0.2, 0.25) is 0 Å². The van der Waals surface area contributed by atoms with E-state index in [4.69, 9.17) is 0 Å². The standard InChI is InChI=1S/C26H30F6N2O3S/c1-3-19-13-18(14-33-12-4-11-23(15-33)16-34(17-23)38(2,36)37)5-10-22(19)20-6-8-21(9-7-20)24(35,25(27,28)29)26(30,31)32/h5-10,13,35H,3-4,11-12,14-17H2,1-2H3. The second kappa shape index (κ2) is 9.79. The van der Waals surface area contributed by atoms with Crippen LogP contribution in [0.25, 0.3) is 11.1 Å². The van der Waals surface area contributed by atoms with E-state index in [1.165, 1.54) is 10.6 Å². The van der Waals surface area contributed by atoms with E-state index in [1.54, 1.807) is 6.07 Å². The lowest BCUT2D eigenvalue weighted by atomic mass is 9.75. The van der Waals surface area contributed by atoms with Gasteiger partial charge in [0, 0.05) is 37.2 Å². The second-order valence-electron chi connectivity index (χ2n) is 10.5. The first-order valence-electron chi connectivity index (χ1n) is 12.3. The third-order valence-electron chi connectivity index (χ3n) is 7.62. The molecule has 0 bridgehead atoms. The van der Waals surface area contributed by atoms with Crippen LogP contribution in [-0.2, 0) is 28.6 Å². The lowest BCUT2D eigenvalue weighted by molar-refractivity contribution is -0.376. The van der Waals surface area contributed by atoms with Gasteiger partial charge in [0.15, 0.2) is 0 Å². The zero-order valence-electron chi connectivity index (χ0n) is 21.0. The molecule has 2 aromatic rings. The van der Waals surface area contributed by atoms with Gasteiger partial charge in [0.05, 0.1) is 6.26 Å². The third-order valence-corrected chi connectivity index (χ3v) is 8.82. The first kappa shape index (κ1) is 28.8. The molecule has 0 aromatic heterocycles. The maximum atomic E-state index is 13.2. The number of nitrogens with zero attached hydrogens (tertiary/aromatic N) is 2. The van der Waals surface area contributed by atoms with Gasteiger partial charge in [-0.05, 0) is 48.1 Å². The van der Waals surface area contributed by atoms with Crippen LogP contribution in [0.1, 0.15) is 36.5 Å². The van der Waals surface area contributed by atoms with E-state index in [1.807, 2.05) is 19.1 Å². The molecule has 0 saturated carbocycles. The summed E-state index contributed by atoms with van der Waals surface area (Å²) in [6.07, 6.45) is -8.12.